The number of aryl methyl sites for hydroxylation is 1. The molecule has 2 heteroatoms. The van der Waals surface area contributed by atoms with Crippen LogP contribution in [0.25, 0.3) is 0 Å². The summed E-state index contributed by atoms with van der Waals surface area (Å²) in [7, 11) is 0. The number of rotatable bonds is 4. The van der Waals surface area contributed by atoms with Crippen LogP contribution >= 0.6 is 0 Å². The number of ether oxygens (including phenoxy) is 1. The molecular weight excluding hydrogens is 224 g/mol. The van der Waals surface area contributed by atoms with E-state index in [0.717, 1.165) is 36.0 Å². The van der Waals surface area contributed by atoms with Crippen molar-refractivity contribution in [3.63, 3.8) is 0 Å². The zero-order valence-corrected chi connectivity index (χ0v) is 10.9. The summed E-state index contributed by atoms with van der Waals surface area (Å²) in [5.41, 5.74) is 1.74. The Morgan fingerprint density at radius 3 is 2.89 bits per heavy atom. The predicted molar refractivity (Wildman–Crippen MR) is 71.0 cm³/mol. The largest absolute Gasteiger partial charge is 0.492 e. The van der Waals surface area contributed by atoms with Crippen molar-refractivity contribution < 1.29 is 9.53 Å². The summed E-state index contributed by atoms with van der Waals surface area (Å²) >= 11 is 0. The molecule has 2 saturated carbocycles. The molecular formula is C16H20O2. The highest BCUT2D eigenvalue weighted by molar-refractivity contribution is 5.80. The summed E-state index contributed by atoms with van der Waals surface area (Å²) in [4.78, 5) is 11.0. The average Bonchev–Trinajstić information content (AvgIpc) is 2.99. The van der Waals surface area contributed by atoms with Crippen LogP contribution < -0.4 is 4.74 Å². The molecule has 0 saturated heterocycles. The van der Waals surface area contributed by atoms with E-state index in [1.54, 1.807) is 0 Å². The van der Waals surface area contributed by atoms with E-state index in [4.69, 9.17) is 4.74 Å². The van der Waals surface area contributed by atoms with Crippen LogP contribution in [0, 0.1) is 24.7 Å². The summed E-state index contributed by atoms with van der Waals surface area (Å²) in [5.74, 6) is 3.32. The Labute approximate surface area is 108 Å². The monoisotopic (exact) mass is 244 g/mol. The van der Waals surface area contributed by atoms with Crippen LogP contribution in [0.2, 0.25) is 0 Å². The maximum Gasteiger partial charge on any atom is 0.153 e. The highest BCUT2D eigenvalue weighted by Gasteiger charge is 2.39. The van der Waals surface area contributed by atoms with E-state index in [-0.39, 0.29) is 0 Å². The van der Waals surface area contributed by atoms with Gasteiger partial charge in [-0.05, 0) is 55.6 Å². The van der Waals surface area contributed by atoms with Crippen molar-refractivity contribution in [1.29, 1.82) is 0 Å². The molecule has 0 amide bonds. The Morgan fingerprint density at radius 1 is 1.33 bits per heavy atom. The van der Waals surface area contributed by atoms with E-state index in [0.29, 0.717) is 11.5 Å². The maximum absolute atomic E-state index is 11.0. The number of fused-ring (bicyclic) bond motifs is 2. The van der Waals surface area contributed by atoms with Gasteiger partial charge < -0.3 is 4.74 Å². The summed E-state index contributed by atoms with van der Waals surface area (Å²) < 4.78 is 5.96. The second-order valence-electron chi connectivity index (χ2n) is 5.86. The molecule has 3 atom stereocenters. The zero-order valence-electron chi connectivity index (χ0n) is 10.9. The van der Waals surface area contributed by atoms with Gasteiger partial charge >= 0.3 is 0 Å². The first kappa shape index (κ1) is 11.8. The lowest BCUT2D eigenvalue weighted by molar-refractivity contribution is 0.111. The number of hydrogen-bond donors (Lipinski definition) is 0. The Hall–Kier alpha value is -1.31. The molecule has 2 aliphatic rings. The minimum atomic E-state index is 0.679. The van der Waals surface area contributed by atoms with Crippen LogP contribution in [0.4, 0.5) is 0 Å². The van der Waals surface area contributed by atoms with Crippen molar-refractivity contribution in [1.82, 2.24) is 0 Å². The topological polar surface area (TPSA) is 26.3 Å². The Kier molecular flexibility index (Phi) is 3.11. The van der Waals surface area contributed by atoms with Crippen LogP contribution in [0.1, 0.15) is 41.6 Å². The van der Waals surface area contributed by atoms with Crippen LogP contribution in [0.5, 0.6) is 5.75 Å². The second-order valence-corrected chi connectivity index (χ2v) is 5.86. The molecule has 1 aromatic carbocycles. The van der Waals surface area contributed by atoms with Gasteiger partial charge in [0.05, 0.1) is 12.2 Å². The molecule has 3 unspecified atom stereocenters. The fraction of sp³-hybridized carbons (Fsp3) is 0.562. The molecule has 18 heavy (non-hydrogen) atoms. The first-order valence-corrected chi connectivity index (χ1v) is 6.95. The Morgan fingerprint density at radius 2 is 2.22 bits per heavy atom. The van der Waals surface area contributed by atoms with Crippen molar-refractivity contribution in [3.8, 4) is 5.75 Å². The molecule has 2 fully saturated rings. The number of benzene rings is 1. The van der Waals surface area contributed by atoms with Gasteiger partial charge in [0, 0.05) is 0 Å². The highest BCUT2D eigenvalue weighted by Crippen LogP contribution is 2.48. The van der Waals surface area contributed by atoms with Gasteiger partial charge in [0.1, 0.15) is 5.75 Å². The van der Waals surface area contributed by atoms with Gasteiger partial charge in [0.15, 0.2) is 6.29 Å². The van der Waals surface area contributed by atoms with Gasteiger partial charge in [0.2, 0.25) is 0 Å². The number of hydrogen-bond acceptors (Lipinski definition) is 2. The third kappa shape index (κ3) is 2.05. The lowest BCUT2D eigenvalue weighted by atomic mass is 9.89. The van der Waals surface area contributed by atoms with E-state index in [2.05, 4.69) is 0 Å². The van der Waals surface area contributed by atoms with Crippen LogP contribution in [-0.4, -0.2) is 12.9 Å². The van der Waals surface area contributed by atoms with Gasteiger partial charge in [-0.1, -0.05) is 18.6 Å². The molecule has 0 aliphatic heterocycles. The molecule has 2 aliphatic carbocycles. The molecule has 2 bridgehead atoms. The van der Waals surface area contributed by atoms with Crippen LogP contribution in [0.3, 0.4) is 0 Å². The first-order chi connectivity index (χ1) is 8.78. The molecule has 0 heterocycles. The van der Waals surface area contributed by atoms with Crippen LogP contribution in [-0.2, 0) is 0 Å². The molecule has 2 nitrogen and oxygen atoms in total. The van der Waals surface area contributed by atoms with Crippen molar-refractivity contribution in [2.75, 3.05) is 6.61 Å². The Bertz CT molecular complexity index is 452. The molecule has 0 spiro atoms. The first-order valence-electron chi connectivity index (χ1n) is 6.95. The summed E-state index contributed by atoms with van der Waals surface area (Å²) in [6.07, 6.45) is 6.43. The summed E-state index contributed by atoms with van der Waals surface area (Å²) in [6.45, 7) is 2.79. The lowest BCUT2D eigenvalue weighted by Crippen LogP contribution is -2.19. The fourth-order valence-electron chi connectivity index (χ4n) is 3.74. The highest BCUT2D eigenvalue weighted by atomic mass is 16.5. The molecule has 0 N–H and O–H groups in total. The van der Waals surface area contributed by atoms with E-state index >= 15 is 0 Å². The summed E-state index contributed by atoms with van der Waals surface area (Å²) in [6, 6.07) is 5.74. The minimum Gasteiger partial charge on any atom is -0.492 e. The normalized spacial score (nSPS) is 29.5. The van der Waals surface area contributed by atoms with Crippen molar-refractivity contribution in [2.24, 2.45) is 17.8 Å². The molecule has 96 valence electrons. The van der Waals surface area contributed by atoms with Gasteiger partial charge in [0.25, 0.3) is 0 Å². The number of para-hydroxylation sites is 1. The average molecular weight is 244 g/mol. The molecule has 0 aromatic heterocycles. The van der Waals surface area contributed by atoms with E-state index in [1.165, 1.54) is 25.7 Å². The number of aldehydes is 1. The second kappa shape index (κ2) is 4.75. The smallest absolute Gasteiger partial charge is 0.153 e. The summed E-state index contributed by atoms with van der Waals surface area (Å²) in [5, 5.41) is 0. The standard InChI is InChI=1S/C16H20O2/c1-11-3-2-4-14(9-17)16(11)18-10-15-8-12-5-6-13(15)7-12/h2-4,9,12-13,15H,5-8,10H2,1H3. The third-order valence-electron chi connectivity index (χ3n) is 4.70. The predicted octanol–water partition coefficient (Wildman–Crippen LogP) is 3.62. The third-order valence-corrected chi connectivity index (χ3v) is 4.70. The van der Waals surface area contributed by atoms with E-state index in [1.807, 2.05) is 25.1 Å². The van der Waals surface area contributed by atoms with Gasteiger partial charge in [-0.25, -0.2) is 0 Å². The zero-order chi connectivity index (χ0) is 12.5. The van der Waals surface area contributed by atoms with Gasteiger partial charge in [-0.3, -0.25) is 4.79 Å². The molecule has 0 radical (unpaired) electrons. The van der Waals surface area contributed by atoms with E-state index < -0.39 is 0 Å². The Balaban J connectivity index is 1.68. The van der Waals surface area contributed by atoms with Crippen LogP contribution in [0.15, 0.2) is 18.2 Å². The van der Waals surface area contributed by atoms with Crippen molar-refractivity contribution in [3.05, 3.63) is 29.3 Å². The molecule has 3 rings (SSSR count). The number of carbonyl (C=O) groups is 1. The van der Waals surface area contributed by atoms with E-state index in [9.17, 15) is 4.79 Å². The maximum atomic E-state index is 11.0. The van der Waals surface area contributed by atoms with Crippen molar-refractivity contribution >= 4 is 6.29 Å². The van der Waals surface area contributed by atoms with Gasteiger partial charge in [-0.2, -0.15) is 0 Å². The minimum absolute atomic E-state index is 0.679. The SMILES string of the molecule is Cc1cccc(C=O)c1OCC1CC2CCC1C2. The van der Waals surface area contributed by atoms with Gasteiger partial charge in [-0.15, -0.1) is 0 Å². The molecule has 1 aromatic rings. The fourth-order valence-corrected chi connectivity index (χ4v) is 3.74. The van der Waals surface area contributed by atoms with Crippen molar-refractivity contribution in [2.45, 2.75) is 32.6 Å². The quantitative estimate of drug-likeness (QED) is 0.756. The number of carbonyl (C=O) groups excluding carboxylic acids is 1. The lowest BCUT2D eigenvalue weighted by Gasteiger charge is -2.22.